The fourth-order valence-corrected chi connectivity index (χ4v) is 4.96. The van der Waals surface area contributed by atoms with E-state index in [9.17, 15) is 8.78 Å². The largest absolute Gasteiger partial charge is 0.322 e. The standard InChI is InChI=1S/C27H28F2N8/c1-15-10-30-6-5-21(15)33-14-23-25-19(16-2-3-16)12-31-13-22(25)35-26(36-23)17-4-7-32-24(8-17)37-27-20(29)9-18(28)11-34-27/h4,7-9,11-13,15-16,21,30,33H,2-3,5-6,10,14H2,1H3,(H,32,34,37). The van der Waals surface area contributed by atoms with Crippen LogP contribution in [0, 0.1) is 17.6 Å². The lowest BCUT2D eigenvalue weighted by Gasteiger charge is -2.30. The van der Waals surface area contributed by atoms with Crippen molar-refractivity contribution in [1.29, 1.82) is 0 Å². The highest BCUT2D eigenvalue weighted by atomic mass is 19.1. The maximum Gasteiger partial charge on any atom is 0.168 e. The third kappa shape index (κ3) is 5.12. The Morgan fingerprint density at radius 3 is 2.76 bits per heavy atom. The summed E-state index contributed by atoms with van der Waals surface area (Å²) in [5.41, 5.74) is 3.69. The van der Waals surface area contributed by atoms with Gasteiger partial charge in [-0.15, -0.1) is 0 Å². The monoisotopic (exact) mass is 502 g/mol. The van der Waals surface area contributed by atoms with Crippen molar-refractivity contribution in [2.24, 2.45) is 5.92 Å². The Hall–Kier alpha value is -3.63. The van der Waals surface area contributed by atoms with Crippen molar-refractivity contribution in [3.63, 3.8) is 0 Å². The highest BCUT2D eigenvalue weighted by Gasteiger charge is 2.28. The van der Waals surface area contributed by atoms with E-state index in [0.29, 0.717) is 36.1 Å². The van der Waals surface area contributed by atoms with Crippen LogP contribution < -0.4 is 16.0 Å². The van der Waals surface area contributed by atoms with E-state index in [1.807, 2.05) is 12.3 Å². The van der Waals surface area contributed by atoms with Crippen LogP contribution in [0.1, 0.15) is 43.4 Å². The van der Waals surface area contributed by atoms with Gasteiger partial charge in [0, 0.05) is 42.0 Å². The number of hydrogen-bond donors (Lipinski definition) is 3. The second kappa shape index (κ2) is 10.0. The number of hydrogen-bond acceptors (Lipinski definition) is 8. The fraction of sp³-hybridized carbons (Fsp3) is 0.370. The van der Waals surface area contributed by atoms with Gasteiger partial charge in [-0.3, -0.25) is 4.98 Å². The van der Waals surface area contributed by atoms with Crippen LogP contribution in [0.25, 0.3) is 22.3 Å². The third-order valence-electron chi connectivity index (χ3n) is 7.12. The number of piperidine rings is 1. The van der Waals surface area contributed by atoms with Crippen LogP contribution in [0.4, 0.5) is 20.4 Å². The van der Waals surface area contributed by atoms with E-state index in [0.717, 1.165) is 66.8 Å². The second-order valence-corrected chi connectivity index (χ2v) is 9.89. The van der Waals surface area contributed by atoms with Gasteiger partial charge < -0.3 is 16.0 Å². The molecular weight excluding hydrogens is 474 g/mol. The Morgan fingerprint density at radius 2 is 1.95 bits per heavy atom. The van der Waals surface area contributed by atoms with Crippen LogP contribution in [0.15, 0.2) is 43.0 Å². The summed E-state index contributed by atoms with van der Waals surface area (Å²) in [5, 5.41) is 11.1. The molecule has 0 aromatic carbocycles. The molecule has 2 unspecified atom stereocenters. The number of aromatic nitrogens is 5. The molecule has 2 aliphatic rings. The minimum atomic E-state index is -0.798. The lowest BCUT2D eigenvalue weighted by atomic mass is 9.95. The van der Waals surface area contributed by atoms with E-state index in [-0.39, 0.29) is 5.82 Å². The van der Waals surface area contributed by atoms with E-state index in [1.54, 1.807) is 18.5 Å². The van der Waals surface area contributed by atoms with Crippen LogP contribution in [0.2, 0.25) is 0 Å². The smallest absolute Gasteiger partial charge is 0.168 e. The SMILES string of the molecule is CC1CNCCC1NCc1nc(-c2ccnc(Nc3ncc(F)cc3F)c2)nc2cncc(C3CC3)c12. The maximum atomic E-state index is 14.1. The molecule has 2 fully saturated rings. The molecule has 37 heavy (non-hydrogen) atoms. The molecule has 1 saturated carbocycles. The molecule has 6 rings (SSSR count). The number of halogens is 2. The molecule has 0 bridgehead atoms. The first-order chi connectivity index (χ1) is 18.0. The van der Waals surface area contributed by atoms with Crippen LogP contribution >= 0.6 is 0 Å². The van der Waals surface area contributed by atoms with Crippen LogP contribution in [0.3, 0.4) is 0 Å². The number of rotatable bonds is 7. The van der Waals surface area contributed by atoms with Gasteiger partial charge in [0.25, 0.3) is 0 Å². The maximum absolute atomic E-state index is 14.1. The normalized spacial score (nSPS) is 19.8. The Kier molecular flexibility index (Phi) is 6.43. The van der Waals surface area contributed by atoms with Gasteiger partial charge in [-0.1, -0.05) is 6.92 Å². The molecule has 1 aliphatic heterocycles. The van der Waals surface area contributed by atoms with E-state index in [2.05, 4.69) is 37.8 Å². The van der Waals surface area contributed by atoms with Crippen molar-refractivity contribution in [2.45, 2.75) is 44.7 Å². The van der Waals surface area contributed by atoms with Crippen molar-refractivity contribution in [3.05, 3.63) is 65.9 Å². The van der Waals surface area contributed by atoms with Gasteiger partial charge >= 0.3 is 0 Å². The van der Waals surface area contributed by atoms with Crippen molar-refractivity contribution >= 4 is 22.5 Å². The molecule has 3 N–H and O–H groups in total. The Bertz CT molecular complexity index is 1440. The molecule has 4 aromatic heterocycles. The average molecular weight is 503 g/mol. The minimum absolute atomic E-state index is 0.107. The van der Waals surface area contributed by atoms with Gasteiger partial charge in [-0.2, -0.15) is 0 Å². The zero-order valence-electron chi connectivity index (χ0n) is 20.5. The lowest BCUT2D eigenvalue weighted by molar-refractivity contribution is 0.295. The van der Waals surface area contributed by atoms with Crippen LogP contribution in [-0.2, 0) is 6.54 Å². The molecule has 0 radical (unpaired) electrons. The van der Waals surface area contributed by atoms with Crippen LogP contribution in [0.5, 0.6) is 0 Å². The van der Waals surface area contributed by atoms with Gasteiger partial charge in [0.05, 0.1) is 23.6 Å². The molecule has 1 aliphatic carbocycles. The van der Waals surface area contributed by atoms with Crippen LogP contribution in [-0.4, -0.2) is 44.1 Å². The molecule has 4 aromatic rings. The minimum Gasteiger partial charge on any atom is -0.322 e. The van der Waals surface area contributed by atoms with Crippen molar-refractivity contribution in [3.8, 4) is 11.4 Å². The van der Waals surface area contributed by atoms with E-state index >= 15 is 0 Å². The summed E-state index contributed by atoms with van der Waals surface area (Å²) in [4.78, 5) is 22.4. The predicted octanol–water partition coefficient (Wildman–Crippen LogP) is 4.47. The summed E-state index contributed by atoms with van der Waals surface area (Å²) in [6.07, 6.45) is 9.69. The first-order valence-corrected chi connectivity index (χ1v) is 12.7. The van der Waals surface area contributed by atoms with E-state index in [4.69, 9.17) is 9.97 Å². The summed E-state index contributed by atoms with van der Waals surface area (Å²) in [5.74, 6) is 0.284. The second-order valence-electron chi connectivity index (χ2n) is 9.89. The molecule has 0 amide bonds. The summed E-state index contributed by atoms with van der Waals surface area (Å²) >= 11 is 0. The van der Waals surface area contributed by atoms with Crippen molar-refractivity contribution in [2.75, 3.05) is 18.4 Å². The quantitative estimate of drug-likeness (QED) is 0.340. The first kappa shape index (κ1) is 23.7. The zero-order chi connectivity index (χ0) is 25.4. The molecule has 8 nitrogen and oxygen atoms in total. The molecule has 190 valence electrons. The summed E-state index contributed by atoms with van der Waals surface area (Å²) in [6, 6.07) is 4.73. The van der Waals surface area contributed by atoms with Crippen molar-refractivity contribution < 1.29 is 8.78 Å². The molecule has 5 heterocycles. The Balaban J connectivity index is 1.36. The van der Waals surface area contributed by atoms with Gasteiger partial charge in [-0.25, -0.2) is 28.7 Å². The summed E-state index contributed by atoms with van der Waals surface area (Å²) in [7, 11) is 0. The van der Waals surface area contributed by atoms with Gasteiger partial charge in [0.1, 0.15) is 11.6 Å². The summed E-state index contributed by atoms with van der Waals surface area (Å²) in [6.45, 7) is 4.90. The van der Waals surface area contributed by atoms with Gasteiger partial charge in [0.15, 0.2) is 17.5 Å². The number of nitrogens with zero attached hydrogens (tertiary/aromatic N) is 5. The zero-order valence-corrected chi connectivity index (χ0v) is 20.5. The predicted molar refractivity (Wildman–Crippen MR) is 137 cm³/mol. The highest BCUT2D eigenvalue weighted by Crippen LogP contribution is 2.43. The molecule has 1 saturated heterocycles. The molecular formula is C27H28F2N8. The molecule has 2 atom stereocenters. The highest BCUT2D eigenvalue weighted by molar-refractivity contribution is 5.86. The van der Waals surface area contributed by atoms with E-state index in [1.165, 1.54) is 5.56 Å². The Morgan fingerprint density at radius 1 is 1.05 bits per heavy atom. The van der Waals surface area contributed by atoms with Gasteiger partial charge in [-0.05, 0) is 61.9 Å². The number of pyridine rings is 3. The average Bonchev–Trinajstić information content (AvgIpc) is 3.75. The first-order valence-electron chi connectivity index (χ1n) is 12.7. The number of anilines is 2. The fourth-order valence-electron chi connectivity index (χ4n) is 4.96. The molecule has 10 heteroatoms. The topological polar surface area (TPSA) is 101 Å². The Labute approximate surface area is 213 Å². The van der Waals surface area contributed by atoms with E-state index < -0.39 is 11.6 Å². The summed E-state index contributed by atoms with van der Waals surface area (Å²) < 4.78 is 27.4. The van der Waals surface area contributed by atoms with Gasteiger partial charge in [0.2, 0.25) is 0 Å². The van der Waals surface area contributed by atoms with Crippen molar-refractivity contribution in [1.82, 2.24) is 35.6 Å². The molecule has 0 spiro atoms. The lowest BCUT2D eigenvalue weighted by Crippen LogP contribution is -2.46. The number of fused-ring (bicyclic) bond motifs is 1. The third-order valence-corrected chi connectivity index (χ3v) is 7.12. The number of nitrogens with one attached hydrogen (secondary N) is 3.